The second-order valence-corrected chi connectivity index (χ2v) is 5.76. The normalized spacial score (nSPS) is 16.3. The number of nitrogens with zero attached hydrogens (tertiary/aromatic N) is 2. The Labute approximate surface area is 137 Å². The standard InChI is InChI=1S/C16H26N4O3/c1-19-8-5-6-13(19)14(20-9-3-4-10-20)12-18-16(22)15(21)17-7-11-23-2/h5-6,8,14H,3-4,7,9-12H2,1-2H3,(H,17,21)(H,18,22). The molecule has 1 aliphatic rings. The first-order valence-corrected chi connectivity index (χ1v) is 8.03. The van der Waals surface area contributed by atoms with Crippen LogP contribution in [0, 0.1) is 0 Å². The molecule has 0 aromatic carbocycles. The number of aryl methyl sites for hydroxylation is 1. The van der Waals surface area contributed by atoms with Gasteiger partial charge in [0, 0.05) is 39.1 Å². The first-order chi connectivity index (χ1) is 11.1. The number of hydrogen-bond acceptors (Lipinski definition) is 4. The Balaban J connectivity index is 1.92. The van der Waals surface area contributed by atoms with Crippen LogP contribution in [0.25, 0.3) is 0 Å². The summed E-state index contributed by atoms with van der Waals surface area (Å²) in [4.78, 5) is 26.0. The SMILES string of the molecule is COCCNC(=O)C(=O)NCC(c1cccn1C)N1CCCC1. The molecule has 0 aliphatic carbocycles. The number of amides is 2. The van der Waals surface area contributed by atoms with Crippen molar-refractivity contribution in [1.82, 2.24) is 20.1 Å². The van der Waals surface area contributed by atoms with E-state index in [-0.39, 0.29) is 6.04 Å². The van der Waals surface area contributed by atoms with Gasteiger partial charge in [0.15, 0.2) is 0 Å². The fraction of sp³-hybridized carbons (Fsp3) is 0.625. The number of methoxy groups -OCH3 is 1. The van der Waals surface area contributed by atoms with Crippen molar-refractivity contribution in [2.45, 2.75) is 18.9 Å². The summed E-state index contributed by atoms with van der Waals surface area (Å²) in [7, 11) is 3.55. The van der Waals surface area contributed by atoms with Crippen LogP contribution in [0.4, 0.5) is 0 Å². The number of hydrogen-bond donors (Lipinski definition) is 2. The van der Waals surface area contributed by atoms with Gasteiger partial charge in [-0.1, -0.05) is 0 Å². The zero-order valence-electron chi connectivity index (χ0n) is 13.9. The maximum Gasteiger partial charge on any atom is 0.309 e. The number of likely N-dealkylation sites (tertiary alicyclic amines) is 1. The fourth-order valence-electron chi connectivity index (χ4n) is 2.91. The van der Waals surface area contributed by atoms with Crippen molar-refractivity contribution in [2.75, 3.05) is 39.9 Å². The van der Waals surface area contributed by atoms with E-state index in [4.69, 9.17) is 4.74 Å². The van der Waals surface area contributed by atoms with E-state index in [1.54, 1.807) is 7.11 Å². The molecule has 2 rings (SSSR count). The van der Waals surface area contributed by atoms with Crippen LogP contribution in [0.3, 0.4) is 0 Å². The second kappa shape index (κ2) is 8.69. The predicted molar refractivity (Wildman–Crippen MR) is 86.9 cm³/mol. The van der Waals surface area contributed by atoms with Gasteiger partial charge in [-0.15, -0.1) is 0 Å². The minimum Gasteiger partial charge on any atom is -0.383 e. The smallest absolute Gasteiger partial charge is 0.309 e. The molecular formula is C16H26N4O3. The van der Waals surface area contributed by atoms with E-state index in [0.29, 0.717) is 19.7 Å². The van der Waals surface area contributed by atoms with Crippen LogP contribution >= 0.6 is 0 Å². The molecule has 0 bridgehead atoms. The molecule has 0 radical (unpaired) electrons. The van der Waals surface area contributed by atoms with Crippen molar-refractivity contribution >= 4 is 11.8 Å². The second-order valence-electron chi connectivity index (χ2n) is 5.76. The van der Waals surface area contributed by atoms with Crippen LogP contribution in [0.1, 0.15) is 24.6 Å². The van der Waals surface area contributed by atoms with Gasteiger partial charge in [0.25, 0.3) is 0 Å². The monoisotopic (exact) mass is 322 g/mol. The van der Waals surface area contributed by atoms with Gasteiger partial charge in [-0.25, -0.2) is 0 Å². The molecule has 0 saturated carbocycles. The Morgan fingerprint density at radius 3 is 2.57 bits per heavy atom. The quantitative estimate of drug-likeness (QED) is 0.549. The molecule has 1 atom stereocenters. The van der Waals surface area contributed by atoms with Crippen LogP contribution in [0.15, 0.2) is 18.3 Å². The average Bonchev–Trinajstić information content (AvgIpc) is 3.20. The third kappa shape index (κ3) is 4.80. The third-order valence-corrected chi connectivity index (χ3v) is 4.16. The van der Waals surface area contributed by atoms with E-state index >= 15 is 0 Å². The van der Waals surface area contributed by atoms with Gasteiger partial charge >= 0.3 is 11.8 Å². The van der Waals surface area contributed by atoms with Gasteiger partial charge in [-0.2, -0.15) is 0 Å². The van der Waals surface area contributed by atoms with Crippen molar-refractivity contribution in [3.63, 3.8) is 0 Å². The van der Waals surface area contributed by atoms with Gasteiger partial charge < -0.3 is 19.9 Å². The summed E-state index contributed by atoms with van der Waals surface area (Å²) in [5, 5.41) is 5.28. The number of aromatic nitrogens is 1. The Morgan fingerprint density at radius 2 is 1.96 bits per heavy atom. The Kier molecular flexibility index (Phi) is 6.61. The molecule has 1 fully saturated rings. The summed E-state index contributed by atoms with van der Waals surface area (Å²) < 4.78 is 6.91. The lowest BCUT2D eigenvalue weighted by molar-refractivity contribution is -0.139. The fourth-order valence-corrected chi connectivity index (χ4v) is 2.91. The molecule has 2 heterocycles. The molecule has 1 aromatic heterocycles. The zero-order valence-corrected chi connectivity index (χ0v) is 13.9. The first kappa shape index (κ1) is 17.5. The van der Waals surface area contributed by atoms with Gasteiger partial charge in [0.05, 0.1) is 12.6 Å². The molecule has 1 saturated heterocycles. The van der Waals surface area contributed by atoms with E-state index in [1.807, 2.05) is 19.3 Å². The summed E-state index contributed by atoms with van der Waals surface area (Å²) in [6, 6.07) is 4.15. The minimum absolute atomic E-state index is 0.0909. The summed E-state index contributed by atoms with van der Waals surface area (Å²) in [6.45, 7) is 3.18. The topological polar surface area (TPSA) is 75.6 Å². The summed E-state index contributed by atoms with van der Waals surface area (Å²) in [5.74, 6) is -1.21. The lowest BCUT2D eigenvalue weighted by Gasteiger charge is -2.28. The molecule has 7 nitrogen and oxygen atoms in total. The number of carbonyl (C=O) groups is 2. The van der Waals surface area contributed by atoms with Crippen molar-refractivity contribution in [3.8, 4) is 0 Å². The van der Waals surface area contributed by atoms with Crippen molar-refractivity contribution in [1.29, 1.82) is 0 Å². The summed E-state index contributed by atoms with van der Waals surface area (Å²) in [6.07, 6.45) is 4.34. The molecule has 1 aliphatic heterocycles. The van der Waals surface area contributed by atoms with Gasteiger partial charge in [0.1, 0.15) is 0 Å². The molecule has 7 heteroatoms. The molecule has 1 unspecified atom stereocenters. The highest BCUT2D eigenvalue weighted by molar-refractivity contribution is 6.35. The molecule has 2 N–H and O–H groups in total. The molecule has 128 valence electrons. The number of ether oxygens (including phenoxy) is 1. The molecule has 1 aromatic rings. The third-order valence-electron chi connectivity index (χ3n) is 4.16. The highest BCUT2D eigenvalue weighted by Gasteiger charge is 2.26. The highest BCUT2D eigenvalue weighted by Crippen LogP contribution is 2.24. The largest absolute Gasteiger partial charge is 0.383 e. The van der Waals surface area contributed by atoms with Crippen LogP contribution in [-0.4, -0.2) is 61.2 Å². The van der Waals surface area contributed by atoms with Crippen molar-refractivity contribution in [2.24, 2.45) is 7.05 Å². The molecular weight excluding hydrogens is 296 g/mol. The molecule has 0 spiro atoms. The van der Waals surface area contributed by atoms with E-state index in [9.17, 15) is 9.59 Å². The summed E-state index contributed by atoms with van der Waals surface area (Å²) in [5.41, 5.74) is 1.15. The molecule has 2 amide bonds. The van der Waals surface area contributed by atoms with Crippen LogP contribution in [0.2, 0.25) is 0 Å². The summed E-state index contributed by atoms with van der Waals surface area (Å²) >= 11 is 0. The van der Waals surface area contributed by atoms with Crippen LogP contribution in [0.5, 0.6) is 0 Å². The zero-order chi connectivity index (χ0) is 16.7. The first-order valence-electron chi connectivity index (χ1n) is 8.03. The Hall–Kier alpha value is -1.86. The number of carbonyl (C=O) groups excluding carboxylic acids is 2. The number of nitrogens with one attached hydrogen (secondary N) is 2. The Morgan fingerprint density at radius 1 is 1.26 bits per heavy atom. The van der Waals surface area contributed by atoms with E-state index in [2.05, 4.69) is 26.2 Å². The van der Waals surface area contributed by atoms with Gasteiger partial charge in [0.2, 0.25) is 0 Å². The van der Waals surface area contributed by atoms with Crippen molar-refractivity contribution < 1.29 is 14.3 Å². The maximum atomic E-state index is 11.9. The van der Waals surface area contributed by atoms with Crippen LogP contribution in [-0.2, 0) is 21.4 Å². The predicted octanol–water partition coefficient (Wildman–Crippen LogP) is 0.0408. The minimum atomic E-state index is -0.617. The lowest BCUT2D eigenvalue weighted by Crippen LogP contribution is -2.44. The average molecular weight is 322 g/mol. The van der Waals surface area contributed by atoms with Crippen LogP contribution < -0.4 is 10.6 Å². The van der Waals surface area contributed by atoms with E-state index in [0.717, 1.165) is 18.8 Å². The number of rotatable bonds is 7. The highest BCUT2D eigenvalue weighted by atomic mass is 16.5. The molecule has 23 heavy (non-hydrogen) atoms. The van der Waals surface area contributed by atoms with Crippen molar-refractivity contribution in [3.05, 3.63) is 24.0 Å². The lowest BCUT2D eigenvalue weighted by atomic mass is 10.1. The van der Waals surface area contributed by atoms with Gasteiger partial charge in [-0.3, -0.25) is 14.5 Å². The van der Waals surface area contributed by atoms with Gasteiger partial charge in [-0.05, 0) is 38.1 Å². The Bertz CT molecular complexity index is 523. The maximum absolute atomic E-state index is 11.9. The van der Waals surface area contributed by atoms with E-state index in [1.165, 1.54) is 12.8 Å². The van der Waals surface area contributed by atoms with E-state index < -0.39 is 11.8 Å².